The van der Waals surface area contributed by atoms with E-state index in [2.05, 4.69) is 15.1 Å². The van der Waals surface area contributed by atoms with Crippen LogP contribution in [-0.4, -0.2) is 37.9 Å². The lowest BCUT2D eigenvalue weighted by molar-refractivity contribution is 0.0697. The molecule has 130 valence electrons. The molecule has 2 N–H and O–H groups in total. The fraction of sp³-hybridized carbons (Fsp3) is 0.105. The molecule has 0 aliphatic carbocycles. The van der Waals surface area contributed by atoms with E-state index < -0.39 is 5.97 Å². The van der Waals surface area contributed by atoms with Gasteiger partial charge < -0.3 is 14.8 Å². The predicted molar refractivity (Wildman–Crippen MR) is 97.2 cm³/mol. The third-order valence-corrected chi connectivity index (χ3v) is 4.21. The van der Waals surface area contributed by atoms with Crippen LogP contribution in [-0.2, 0) is 7.05 Å². The van der Waals surface area contributed by atoms with E-state index in [1.54, 1.807) is 23.9 Å². The number of ether oxygens (including phenoxy) is 1. The number of nitrogens with one attached hydrogen (secondary N) is 1. The molecule has 2 aromatic heterocycles. The number of methoxy groups -OCH3 is 1. The Labute approximate surface area is 148 Å². The van der Waals surface area contributed by atoms with Gasteiger partial charge in [-0.05, 0) is 18.2 Å². The summed E-state index contributed by atoms with van der Waals surface area (Å²) < 4.78 is 7.33. The minimum absolute atomic E-state index is 0.203. The Bertz CT molecular complexity index is 1110. The summed E-state index contributed by atoms with van der Waals surface area (Å²) in [6.07, 6.45) is 0. The lowest BCUT2D eigenvalue weighted by Crippen LogP contribution is -1.96. The monoisotopic (exact) mass is 348 g/mol. The number of carboxylic acid groups (broad SMARTS) is 1. The van der Waals surface area contributed by atoms with Crippen LogP contribution in [0.1, 0.15) is 10.4 Å². The van der Waals surface area contributed by atoms with Crippen LogP contribution in [0.4, 0.5) is 0 Å². The Balaban J connectivity index is 1.89. The van der Waals surface area contributed by atoms with E-state index in [9.17, 15) is 4.79 Å². The van der Waals surface area contributed by atoms with Gasteiger partial charge in [0, 0.05) is 12.6 Å². The average molecular weight is 348 g/mol. The van der Waals surface area contributed by atoms with Gasteiger partial charge in [-0.1, -0.05) is 30.3 Å². The largest absolute Gasteiger partial charge is 0.492 e. The third kappa shape index (κ3) is 2.50. The van der Waals surface area contributed by atoms with Gasteiger partial charge in [0.25, 0.3) is 0 Å². The Morgan fingerprint density at radius 3 is 2.65 bits per heavy atom. The number of nitrogens with zero attached hydrogens (tertiary/aromatic N) is 3. The normalized spacial score (nSPS) is 11.0. The first-order chi connectivity index (χ1) is 12.6. The van der Waals surface area contributed by atoms with Crippen LogP contribution in [0.25, 0.3) is 33.8 Å². The smallest absolute Gasteiger partial charge is 0.335 e. The summed E-state index contributed by atoms with van der Waals surface area (Å²) in [5.41, 5.74) is 3.88. The highest BCUT2D eigenvalue weighted by Gasteiger charge is 2.22. The molecule has 7 nitrogen and oxygen atoms in total. The molecule has 0 saturated heterocycles. The lowest BCUT2D eigenvalue weighted by atomic mass is 10.1. The molecule has 2 aromatic carbocycles. The second-order valence-corrected chi connectivity index (χ2v) is 5.84. The highest BCUT2D eigenvalue weighted by atomic mass is 16.5. The van der Waals surface area contributed by atoms with Crippen molar-refractivity contribution in [3.05, 3.63) is 54.1 Å². The number of H-pyrrole nitrogens is 1. The van der Waals surface area contributed by atoms with Crippen molar-refractivity contribution in [2.45, 2.75) is 0 Å². The number of carboxylic acids is 1. The highest BCUT2D eigenvalue weighted by molar-refractivity contribution is 5.93. The van der Waals surface area contributed by atoms with Crippen molar-refractivity contribution >= 4 is 17.0 Å². The van der Waals surface area contributed by atoms with Crippen molar-refractivity contribution in [1.29, 1.82) is 0 Å². The summed E-state index contributed by atoms with van der Waals surface area (Å²) in [6.45, 7) is 0. The topological polar surface area (TPSA) is 93.0 Å². The van der Waals surface area contributed by atoms with Crippen LogP contribution in [0.15, 0.2) is 48.5 Å². The minimum Gasteiger partial charge on any atom is -0.492 e. The maximum atomic E-state index is 11.2. The lowest BCUT2D eigenvalue weighted by Gasteiger charge is -2.03. The summed E-state index contributed by atoms with van der Waals surface area (Å²) in [4.78, 5) is 18.9. The maximum absolute atomic E-state index is 11.2. The summed E-state index contributed by atoms with van der Waals surface area (Å²) in [5, 5.41) is 13.7. The van der Waals surface area contributed by atoms with E-state index in [-0.39, 0.29) is 5.56 Å². The molecule has 0 atom stereocenters. The van der Waals surface area contributed by atoms with Gasteiger partial charge in [-0.3, -0.25) is 4.68 Å². The third-order valence-electron chi connectivity index (χ3n) is 4.21. The SMILES string of the molecule is COc1c(-c2ccccc2)nn(C)c1-c1nc2ccc(C(=O)O)cc2[nH]1. The Hall–Kier alpha value is -3.61. The van der Waals surface area contributed by atoms with Crippen LogP contribution in [0.3, 0.4) is 0 Å². The molecular weight excluding hydrogens is 332 g/mol. The number of hydrogen-bond donors (Lipinski definition) is 2. The number of aromatic carboxylic acids is 1. The van der Waals surface area contributed by atoms with Gasteiger partial charge in [-0.15, -0.1) is 0 Å². The molecule has 0 unspecified atom stereocenters. The number of hydrogen-bond acceptors (Lipinski definition) is 4. The number of benzene rings is 2. The number of fused-ring (bicyclic) bond motifs is 1. The van der Waals surface area contributed by atoms with E-state index in [1.165, 1.54) is 6.07 Å². The molecule has 2 heterocycles. The molecule has 4 aromatic rings. The molecular formula is C19H16N4O3. The van der Waals surface area contributed by atoms with Gasteiger partial charge in [0.05, 0.1) is 23.7 Å². The van der Waals surface area contributed by atoms with Crippen LogP contribution >= 0.6 is 0 Å². The molecule has 0 radical (unpaired) electrons. The van der Waals surface area contributed by atoms with Gasteiger partial charge in [0.15, 0.2) is 11.6 Å². The average Bonchev–Trinajstić information content (AvgIpc) is 3.21. The zero-order valence-corrected chi connectivity index (χ0v) is 14.2. The zero-order valence-electron chi connectivity index (χ0n) is 14.2. The fourth-order valence-corrected chi connectivity index (χ4v) is 3.00. The number of aromatic amines is 1. The Kier molecular flexibility index (Phi) is 3.69. The van der Waals surface area contributed by atoms with Crippen LogP contribution < -0.4 is 4.74 Å². The van der Waals surface area contributed by atoms with Gasteiger partial charge in [-0.25, -0.2) is 9.78 Å². The summed E-state index contributed by atoms with van der Waals surface area (Å²) in [7, 11) is 3.41. The van der Waals surface area contributed by atoms with Crippen molar-refractivity contribution in [2.24, 2.45) is 7.05 Å². The minimum atomic E-state index is -0.979. The second-order valence-electron chi connectivity index (χ2n) is 5.84. The van der Waals surface area contributed by atoms with Crippen LogP contribution in [0.2, 0.25) is 0 Å². The number of rotatable bonds is 4. The molecule has 7 heteroatoms. The first-order valence-electron chi connectivity index (χ1n) is 7.98. The Morgan fingerprint density at radius 2 is 1.96 bits per heavy atom. The second kappa shape index (κ2) is 6.03. The quantitative estimate of drug-likeness (QED) is 0.590. The molecule has 26 heavy (non-hydrogen) atoms. The summed E-state index contributed by atoms with van der Waals surface area (Å²) in [6, 6.07) is 14.5. The number of imidazole rings is 1. The summed E-state index contributed by atoms with van der Waals surface area (Å²) >= 11 is 0. The highest BCUT2D eigenvalue weighted by Crippen LogP contribution is 2.37. The first kappa shape index (κ1) is 15.9. The van der Waals surface area contributed by atoms with E-state index in [0.717, 1.165) is 11.3 Å². The molecule has 0 aliphatic heterocycles. The van der Waals surface area contributed by atoms with E-state index in [4.69, 9.17) is 9.84 Å². The van der Waals surface area contributed by atoms with Crippen molar-refractivity contribution in [3.63, 3.8) is 0 Å². The number of aromatic nitrogens is 4. The molecule has 0 saturated carbocycles. The van der Waals surface area contributed by atoms with Crippen LogP contribution in [0, 0.1) is 0 Å². The standard InChI is InChI=1S/C19H16N4O3/c1-23-16(17(26-2)15(22-23)11-6-4-3-5-7-11)18-20-13-9-8-12(19(24)25)10-14(13)21-18/h3-10H,1-2H3,(H,20,21)(H,24,25). The molecule has 0 spiro atoms. The van der Waals surface area contributed by atoms with Gasteiger partial charge in [0.1, 0.15) is 11.4 Å². The maximum Gasteiger partial charge on any atom is 0.335 e. The first-order valence-corrected chi connectivity index (χ1v) is 7.98. The zero-order chi connectivity index (χ0) is 18.3. The van der Waals surface area contributed by atoms with Gasteiger partial charge in [0.2, 0.25) is 0 Å². The summed E-state index contributed by atoms with van der Waals surface area (Å²) in [5.74, 6) is 0.195. The van der Waals surface area contributed by atoms with E-state index in [0.29, 0.717) is 28.3 Å². The van der Waals surface area contributed by atoms with E-state index in [1.807, 2.05) is 37.4 Å². The predicted octanol–water partition coefficient (Wildman–Crippen LogP) is 3.34. The van der Waals surface area contributed by atoms with Crippen LogP contribution in [0.5, 0.6) is 5.75 Å². The van der Waals surface area contributed by atoms with Crippen molar-refractivity contribution in [2.75, 3.05) is 7.11 Å². The van der Waals surface area contributed by atoms with Crippen molar-refractivity contribution < 1.29 is 14.6 Å². The van der Waals surface area contributed by atoms with Crippen molar-refractivity contribution in [3.8, 4) is 28.5 Å². The molecule has 0 bridgehead atoms. The van der Waals surface area contributed by atoms with Gasteiger partial charge in [-0.2, -0.15) is 5.10 Å². The van der Waals surface area contributed by atoms with Gasteiger partial charge >= 0.3 is 5.97 Å². The van der Waals surface area contributed by atoms with Crippen molar-refractivity contribution in [1.82, 2.24) is 19.7 Å². The molecule has 0 amide bonds. The molecule has 4 rings (SSSR count). The molecule has 0 aliphatic rings. The van der Waals surface area contributed by atoms with E-state index >= 15 is 0 Å². The number of carbonyl (C=O) groups is 1. The number of aryl methyl sites for hydroxylation is 1. The Morgan fingerprint density at radius 1 is 1.19 bits per heavy atom. The molecule has 0 fully saturated rings. The fourth-order valence-electron chi connectivity index (χ4n) is 3.00.